The molecular weight excluding hydrogens is 292 g/mol. The Labute approximate surface area is 137 Å². The molecule has 2 N–H and O–H groups in total. The van der Waals surface area contributed by atoms with E-state index in [4.69, 9.17) is 15.3 Å². The summed E-state index contributed by atoms with van der Waals surface area (Å²) >= 11 is 0. The number of hydrogen-bond acceptors (Lipinski definition) is 4. The fraction of sp³-hybridized carbons (Fsp3) is 0.556. The summed E-state index contributed by atoms with van der Waals surface area (Å²) in [5.41, 5.74) is 6.89. The Hall–Kier alpha value is -2.04. The summed E-state index contributed by atoms with van der Waals surface area (Å²) in [5, 5.41) is 3.92. The lowest BCUT2D eigenvalue weighted by molar-refractivity contribution is -0.127. The molecule has 0 aromatic heterocycles. The van der Waals surface area contributed by atoms with Crippen LogP contribution in [0.1, 0.15) is 57.4 Å². The molecule has 0 saturated carbocycles. The number of hydrogen-bond donors (Lipinski definition) is 1. The first-order valence-electron chi connectivity index (χ1n) is 8.46. The van der Waals surface area contributed by atoms with E-state index in [1.165, 1.54) is 32.1 Å². The van der Waals surface area contributed by atoms with Gasteiger partial charge in [0.1, 0.15) is 5.75 Å². The van der Waals surface area contributed by atoms with Crippen molar-refractivity contribution in [1.29, 1.82) is 0 Å². The van der Waals surface area contributed by atoms with Gasteiger partial charge in [0.05, 0.1) is 12.3 Å². The van der Waals surface area contributed by atoms with E-state index in [0.29, 0.717) is 6.42 Å². The maximum atomic E-state index is 11.1. The third kappa shape index (κ3) is 5.58. The van der Waals surface area contributed by atoms with E-state index in [2.05, 4.69) is 12.1 Å². The maximum Gasteiger partial charge on any atom is 0.261 e. The van der Waals surface area contributed by atoms with Crippen LogP contribution in [-0.4, -0.2) is 24.3 Å². The summed E-state index contributed by atoms with van der Waals surface area (Å²) in [5.74, 6) is 0.371. The summed E-state index contributed by atoms with van der Waals surface area (Å²) in [6.07, 6.45) is 7.30. The number of unbranched alkanes of at least 4 members (excludes halogenated alkanes) is 5. The Morgan fingerprint density at radius 3 is 2.57 bits per heavy atom. The largest absolute Gasteiger partial charge is 0.494 e. The molecule has 2 rings (SSSR count). The molecule has 1 atom stereocenters. The Morgan fingerprint density at radius 2 is 1.91 bits per heavy atom. The minimum atomic E-state index is -0.645. The van der Waals surface area contributed by atoms with Crippen LogP contribution in [0.4, 0.5) is 0 Å². The average molecular weight is 318 g/mol. The van der Waals surface area contributed by atoms with Crippen LogP contribution < -0.4 is 10.5 Å². The third-order valence-electron chi connectivity index (χ3n) is 3.94. The molecule has 1 unspecified atom stereocenters. The molecule has 126 valence electrons. The number of primary amides is 1. The smallest absolute Gasteiger partial charge is 0.261 e. The monoisotopic (exact) mass is 318 g/mol. The van der Waals surface area contributed by atoms with Gasteiger partial charge in [-0.25, -0.2) is 0 Å². The van der Waals surface area contributed by atoms with E-state index in [0.717, 1.165) is 30.1 Å². The SMILES string of the molecule is CCCCCCCCOc1ccc(C2=NOC(C(N)=O)C2)cc1. The van der Waals surface area contributed by atoms with Crippen LogP contribution in [0.25, 0.3) is 0 Å². The highest BCUT2D eigenvalue weighted by molar-refractivity contribution is 6.03. The van der Waals surface area contributed by atoms with Crippen molar-refractivity contribution in [2.45, 2.75) is 58.0 Å². The summed E-state index contributed by atoms with van der Waals surface area (Å²) in [4.78, 5) is 16.1. The molecule has 0 aliphatic carbocycles. The Morgan fingerprint density at radius 1 is 1.22 bits per heavy atom. The van der Waals surface area contributed by atoms with Crippen molar-refractivity contribution >= 4 is 11.6 Å². The topological polar surface area (TPSA) is 73.9 Å². The van der Waals surface area contributed by atoms with Crippen LogP contribution in [0.2, 0.25) is 0 Å². The number of carbonyl (C=O) groups is 1. The van der Waals surface area contributed by atoms with Gasteiger partial charge in [0, 0.05) is 6.42 Å². The lowest BCUT2D eigenvalue weighted by Crippen LogP contribution is -2.28. The molecule has 0 saturated heterocycles. The molecule has 23 heavy (non-hydrogen) atoms. The number of benzene rings is 1. The zero-order valence-corrected chi connectivity index (χ0v) is 13.8. The zero-order chi connectivity index (χ0) is 16.5. The first-order chi connectivity index (χ1) is 11.2. The second-order valence-corrected chi connectivity index (χ2v) is 5.88. The third-order valence-corrected chi connectivity index (χ3v) is 3.94. The predicted molar refractivity (Wildman–Crippen MR) is 90.5 cm³/mol. The van der Waals surface area contributed by atoms with Crippen LogP contribution in [0.15, 0.2) is 29.4 Å². The average Bonchev–Trinajstić information content (AvgIpc) is 3.05. The van der Waals surface area contributed by atoms with Crippen LogP contribution >= 0.6 is 0 Å². The second-order valence-electron chi connectivity index (χ2n) is 5.88. The zero-order valence-electron chi connectivity index (χ0n) is 13.8. The molecule has 1 aromatic carbocycles. The molecule has 0 fully saturated rings. The van der Waals surface area contributed by atoms with Crippen LogP contribution in [0, 0.1) is 0 Å². The summed E-state index contributed by atoms with van der Waals surface area (Å²) in [6, 6.07) is 7.71. The Bertz CT molecular complexity index is 526. The highest BCUT2D eigenvalue weighted by Gasteiger charge is 2.26. The number of amides is 1. The van der Waals surface area contributed by atoms with Crippen molar-refractivity contribution < 1.29 is 14.4 Å². The van der Waals surface area contributed by atoms with E-state index in [1.807, 2.05) is 24.3 Å². The number of ether oxygens (including phenoxy) is 1. The number of oxime groups is 1. The maximum absolute atomic E-state index is 11.1. The van der Waals surface area contributed by atoms with Gasteiger partial charge in [-0.15, -0.1) is 0 Å². The number of rotatable bonds is 10. The van der Waals surface area contributed by atoms with E-state index in [1.54, 1.807) is 0 Å². The van der Waals surface area contributed by atoms with E-state index >= 15 is 0 Å². The van der Waals surface area contributed by atoms with Gasteiger partial charge in [0.2, 0.25) is 6.10 Å². The lowest BCUT2D eigenvalue weighted by Gasteiger charge is -2.07. The standard InChI is InChI=1S/C18H26N2O3/c1-2-3-4-5-6-7-12-22-15-10-8-14(9-11-15)16-13-17(18(19)21)23-20-16/h8-11,17H,2-7,12-13H2,1H3,(H2,19,21). The number of carbonyl (C=O) groups excluding carboxylic acids is 1. The second kappa shape index (κ2) is 9.18. The molecule has 0 spiro atoms. The summed E-state index contributed by atoms with van der Waals surface area (Å²) < 4.78 is 5.74. The Kier molecular flexibility index (Phi) is 6.91. The minimum absolute atomic E-state index is 0.424. The van der Waals surface area contributed by atoms with Crippen molar-refractivity contribution in [1.82, 2.24) is 0 Å². The molecule has 1 heterocycles. The molecule has 1 aromatic rings. The fourth-order valence-electron chi connectivity index (χ4n) is 2.52. The van der Waals surface area contributed by atoms with Gasteiger partial charge < -0.3 is 15.3 Å². The molecule has 5 heteroatoms. The molecule has 0 radical (unpaired) electrons. The normalized spacial score (nSPS) is 16.7. The highest BCUT2D eigenvalue weighted by Crippen LogP contribution is 2.19. The molecule has 1 amide bonds. The van der Waals surface area contributed by atoms with Crippen LogP contribution in [-0.2, 0) is 9.63 Å². The van der Waals surface area contributed by atoms with Gasteiger partial charge in [0.15, 0.2) is 0 Å². The van der Waals surface area contributed by atoms with E-state index in [9.17, 15) is 4.79 Å². The van der Waals surface area contributed by atoms with Gasteiger partial charge in [-0.05, 0) is 36.2 Å². The van der Waals surface area contributed by atoms with Gasteiger partial charge >= 0.3 is 0 Å². The molecule has 5 nitrogen and oxygen atoms in total. The lowest BCUT2D eigenvalue weighted by atomic mass is 10.0. The van der Waals surface area contributed by atoms with Crippen LogP contribution in [0.5, 0.6) is 5.75 Å². The number of nitrogens with zero attached hydrogens (tertiary/aromatic N) is 1. The first-order valence-corrected chi connectivity index (χ1v) is 8.46. The van der Waals surface area contributed by atoms with Gasteiger partial charge in [-0.3, -0.25) is 4.79 Å². The van der Waals surface area contributed by atoms with Gasteiger partial charge in [-0.1, -0.05) is 44.2 Å². The van der Waals surface area contributed by atoms with Gasteiger partial charge in [0.25, 0.3) is 5.91 Å². The molecule has 0 bridgehead atoms. The van der Waals surface area contributed by atoms with E-state index in [-0.39, 0.29) is 0 Å². The number of nitrogens with two attached hydrogens (primary N) is 1. The van der Waals surface area contributed by atoms with Crippen LogP contribution in [0.3, 0.4) is 0 Å². The quantitative estimate of drug-likeness (QED) is 0.672. The molecular formula is C18H26N2O3. The first kappa shape index (κ1) is 17.3. The highest BCUT2D eigenvalue weighted by atomic mass is 16.6. The molecule has 1 aliphatic heterocycles. The predicted octanol–water partition coefficient (Wildman–Crippen LogP) is 3.40. The summed E-state index contributed by atoms with van der Waals surface area (Å²) in [7, 11) is 0. The van der Waals surface area contributed by atoms with Gasteiger partial charge in [-0.2, -0.15) is 0 Å². The van der Waals surface area contributed by atoms with Crippen molar-refractivity contribution in [2.75, 3.05) is 6.61 Å². The molecule has 1 aliphatic rings. The van der Waals surface area contributed by atoms with Crippen molar-refractivity contribution in [3.05, 3.63) is 29.8 Å². The van der Waals surface area contributed by atoms with Crippen molar-refractivity contribution in [2.24, 2.45) is 10.9 Å². The van der Waals surface area contributed by atoms with Crippen molar-refractivity contribution in [3.63, 3.8) is 0 Å². The minimum Gasteiger partial charge on any atom is -0.494 e. The van der Waals surface area contributed by atoms with E-state index < -0.39 is 12.0 Å². The Balaban J connectivity index is 1.70. The summed E-state index contributed by atoms with van der Waals surface area (Å²) in [6.45, 7) is 2.98. The fourth-order valence-corrected chi connectivity index (χ4v) is 2.52. The van der Waals surface area contributed by atoms with Crippen molar-refractivity contribution in [3.8, 4) is 5.75 Å².